The predicted octanol–water partition coefficient (Wildman–Crippen LogP) is 2.23. The number of nitrogens with zero attached hydrogens (tertiary/aromatic N) is 3. The van der Waals surface area contributed by atoms with Gasteiger partial charge in [-0.2, -0.15) is 0 Å². The van der Waals surface area contributed by atoms with Gasteiger partial charge < -0.3 is 14.5 Å². The SMILES string of the molecule is O=C(CN1C(=O)COc2ccc(C(=O)N3CCCC3)cc21)N1CCc2ccccc2C1. The summed E-state index contributed by atoms with van der Waals surface area (Å²) in [5, 5.41) is 0. The minimum Gasteiger partial charge on any atom is -0.482 e. The number of anilines is 1. The van der Waals surface area contributed by atoms with Crippen LogP contribution < -0.4 is 9.64 Å². The van der Waals surface area contributed by atoms with Crippen LogP contribution in [0.2, 0.25) is 0 Å². The van der Waals surface area contributed by atoms with Gasteiger partial charge in [0.15, 0.2) is 6.61 Å². The zero-order valence-electron chi connectivity index (χ0n) is 17.4. The molecule has 1 saturated heterocycles. The quantitative estimate of drug-likeness (QED) is 0.765. The highest BCUT2D eigenvalue weighted by atomic mass is 16.5. The summed E-state index contributed by atoms with van der Waals surface area (Å²) >= 11 is 0. The molecule has 2 aromatic carbocycles. The fourth-order valence-electron chi connectivity index (χ4n) is 4.56. The Hall–Kier alpha value is -3.35. The average Bonchev–Trinajstić information content (AvgIpc) is 3.34. The van der Waals surface area contributed by atoms with Crippen molar-refractivity contribution >= 4 is 23.4 Å². The van der Waals surface area contributed by atoms with E-state index in [0.29, 0.717) is 30.1 Å². The molecule has 0 saturated carbocycles. The van der Waals surface area contributed by atoms with E-state index in [-0.39, 0.29) is 30.9 Å². The Morgan fingerprint density at radius 1 is 0.935 bits per heavy atom. The molecule has 3 aliphatic rings. The lowest BCUT2D eigenvalue weighted by atomic mass is 10.00. The molecule has 0 spiro atoms. The van der Waals surface area contributed by atoms with E-state index in [1.165, 1.54) is 10.5 Å². The largest absolute Gasteiger partial charge is 0.482 e. The van der Waals surface area contributed by atoms with Crippen LogP contribution in [0.15, 0.2) is 42.5 Å². The number of hydrogen-bond acceptors (Lipinski definition) is 4. The van der Waals surface area contributed by atoms with E-state index in [0.717, 1.165) is 37.9 Å². The van der Waals surface area contributed by atoms with Gasteiger partial charge in [-0.3, -0.25) is 19.3 Å². The fourth-order valence-corrected chi connectivity index (χ4v) is 4.56. The van der Waals surface area contributed by atoms with Crippen LogP contribution in [-0.4, -0.2) is 60.3 Å². The van der Waals surface area contributed by atoms with Crippen molar-refractivity contribution in [1.29, 1.82) is 0 Å². The van der Waals surface area contributed by atoms with Crippen LogP contribution in [0.25, 0.3) is 0 Å². The minimum atomic E-state index is -0.274. The molecule has 0 aliphatic carbocycles. The van der Waals surface area contributed by atoms with Gasteiger partial charge in [-0.1, -0.05) is 24.3 Å². The van der Waals surface area contributed by atoms with Gasteiger partial charge in [0.05, 0.1) is 5.69 Å². The van der Waals surface area contributed by atoms with Crippen LogP contribution in [0, 0.1) is 0 Å². The number of rotatable bonds is 3. The second-order valence-electron chi connectivity index (χ2n) is 8.28. The number of amides is 3. The molecular weight excluding hydrogens is 394 g/mol. The second-order valence-corrected chi connectivity index (χ2v) is 8.28. The van der Waals surface area contributed by atoms with E-state index in [1.54, 1.807) is 23.1 Å². The Labute approximate surface area is 181 Å². The maximum absolute atomic E-state index is 13.1. The zero-order valence-corrected chi connectivity index (χ0v) is 17.4. The van der Waals surface area contributed by atoms with Crippen molar-refractivity contribution in [3.63, 3.8) is 0 Å². The van der Waals surface area contributed by atoms with E-state index < -0.39 is 0 Å². The van der Waals surface area contributed by atoms with Gasteiger partial charge in [-0.15, -0.1) is 0 Å². The summed E-state index contributed by atoms with van der Waals surface area (Å²) in [6.07, 6.45) is 2.83. The Kier molecular flexibility index (Phi) is 5.10. The Bertz CT molecular complexity index is 1040. The molecule has 0 aromatic heterocycles. The first-order valence-corrected chi connectivity index (χ1v) is 10.8. The lowest BCUT2D eigenvalue weighted by Crippen LogP contribution is -2.47. The Balaban J connectivity index is 1.36. The first kappa shape index (κ1) is 19.6. The number of fused-ring (bicyclic) bond motifs is 2. The summed E-state index contributed by atoms with van der Waals surface area (Å²) < 4.78 is 5.56. The van der Waals surface area contributed by atoms with Crippen LogP contribution in [0.3, 0.4) is 0 Å². The molecule has 0 unspecified atom stereocenters. The lowest BCUT2D eigenvalue weighted by Gasteiger charge is -2.33. The minimum absolute atomic E-state index is 0.0442. The summed E-state index contributed by atoms with van der Waals surface area (Å²) in [4.78, 5) is 43.6. The first-order chi connectivity index (χ1) is 15.1. The molecule has 2 aromatic rings. The van der Waals surface area contributed by atoms with Gasteiger partial charge >= 0.3 is 0 Å². The summed E-state index contributed by atoms with van der Waals surface area (Å²) in [6.45, 7) is 2.53. The third-order valence-corrected chi connectivity index (χ3v) is 6.32. The summed E-state index contributed by atoms with van der Waals surface area (Å²) in [5.41, 5.74) is 3.43. The number of carbonyl (C=O) groups excluding carboxylic acids is 3. The third kappa shape index (κ3) is 3.76. The highest BCUT2D eigenvalue weighted by Crippen LogP contribution is 2.34. The van der Waals surface area contributed by atoms with Crippen LogP contribution in [-0.2, 0) is 22.6 Å². The number of benzene rings is 2. The molecule has 0 atom stereocenters. The van der Waals surface area contributed by atoms with Gasteiger partial charge in [0.25, 0.3) is 11.8 Å². The molecule has 1 fully saturated rings. The first-order valence-electron chi connectivity index (χ1n) is 10.8. The molecule has 3 amide bonds. The molecule has 7 heteroatoms. The van der Waals surface area contributed by atoms with Gasteiger partial charge in [0.2, 0.25) is 5.91 Å². The summed E-state index contributed by atoms with van der Waals surface area (Å²) in [6, 6.07) is 13.3. The molecule has 0 radical (unpaired) electrons. The highest BCUT2D eigenvalue weighted by Gasteiger charge is 2.31. The van der Waals surface area contributed by atoms with E-state index in [4.69, 9.17) is 4.74 Å². The van der Waals surface area contributed by atoms with Gasteiger partial charge in [0, 0.05) is 31.7 Å². The number of ether oxygens (including phenoxy) is 1. The van der Waals surface area contributed by atoms with Crippen molar-refractivity contribution in [1.82, 2.24) is 9.80 Å². The summed E-state index contributed by atoms with van der Waals surface area (Å²) in [7, 11) is 0. The van der Waals surface area contributed by atoms with Gasteiger partial charge in [-0.25, -0.2) is 0 Å². The molecule has 3 aliphatic heterocycles. The monoisotopic (exact) mass is 419 g/mol. The van der Waals surface area contributed by atoms with Crippen LogP contribution in [0.5, 0.6) is 5.75 Å². The lowest BCUT2D eigenvalue weighted by molar-refractivity contribution is -0.132. The molecule has 3 heterocycles. The topological polar surface area (TPSA) is 70.2 Å². The molecule has 7 nitrogen and oxygen atoms in total. The third-order valence-electron chi connectivity index (χ3n) is 6.32. The van der Waals surface area contributed by atoms with Gasteiger partial charge in [-0.05, 0) is 48.6 Å². The standard InChI is InChI=1S/C24H25N3O4/c28-22(26-12-9-17-5-1-2-6-19(17)14-26)15-27-20-13-18(24(30)25-10-3-4-11-25)7-8-21(20)31-16-23(27)29/h1-2,5-8,13H,3-4,9-12,14-16H2. The number of likely N-dealkylation sites (tertiary alicyclic amines) is 1. The smallest absolute Gasteiger partial charge is 0.265 e. The Morgan fingerprint density at radius 3 is 2.52 bits per heavy atom. The molecule has 0 bridgehead atoms. The molecule has 5 rings (SSSR count). The van der Waals surface area contributed by atoms with E-state index >= 15 is 0 Å². The normalized spacial score (nSPS) is 17.8. The zero-order chi connectivity index (χ0) is 21.4. The predicted molar refractivity (Wildman–Crippen MR) is 115 cm³/mol. The van der Waals surface area contributed by atoms with Crippen molar-refractivity contribution in [2.45, 2.75) is 25.8 Å². The van der Waals surface area contributed by atoms with Crippen molar-refractivity contribution in [2.75, 3.05) is 37.7 Å². The van der Waals surface area contributed by atoms with E-state index in [2.05, 4.69) is 6.07 Å². The molecule has 0 N–H and O–H groups in total. The maximum atomic E-state index is 13.1. The van der Waals surface area contributed by atoms with Crippen LogP contribution >= 0.6 is 0 Å². The van der Waals surface area contributed by atoms with Crippen molar-refractivity contribution in [3.8, 4) is 5.75 Å². The summed E-state index contributed by atoms with van der Waals surface area (Å²) in [5.74, 6) is 0.0996. The second kappa shape index (κ2) is 8.06. The van der Waals surface area contributed by atoms with Crippen LogP contribution in [0.4, 0.5) is 5.69 Å². The van der Waals surface area contributed by atoms with E-state index in [9.17, 15) is 14.4 Å². The highest BCUT2D eigenvalue weighted by molar-refractivity contribution is 6.04. The van der Waals surface area contributed by atoms with Crippen molar-refractivity contribution < 1.29 is 19.1 Å². The van der Waals surface area contributed by atoms with Crippen molar-refractivity contribution in [2.24, 2.45) is 0 Å². The molecule has 160 valence electrons. The van der Waals surface area contributed by atoms with Crippen LogP contribution in [0.1, 0.15) is 34.3 Å². The maximum Gasteiger partial charge on any atom is 0.265 e. The molecule has 31 heavy (non-hydrogen) atoms. The Morgan fingerprint density at radius 2 is 1.71 bits per heavy atom. The molecular formula is C24H25N3O4. The fraction of sp³-hybridized carbons (Fsp3) is 0.375. The number of hydrogen-bond donors (Lipinski definition) is 0. The van der Waals surface area contributed by atoms with Crippen molar-refractivity contribution in [3.05, 3.63) is 59.2 Å². The van der Waals surface area contributed by atoms with Gasteiger partial charge in [0.1, 0.15) is 12.3 Å². The van der Waals surface area contributed by atoms with E-state index in [1.807, 2.05) is 23.1 Å². The number of carbonyl (C=O) groups is 3. The average molecular weight is 419 g/mol.